The van der Waals surface area contributed by atoms with Gasteiger partial charge in [0.25, 0.3) is 0 Å². The molecular formula is C19H16N2O3. The van der Waals surface area contributed by atoms with E-state index in [1.54, 1.807) is 12.1 Å². The lowest BCUT2D eigenvalue weighted by atomic mass is 10.2. The van der Waals surface area contributed by atoms with E-state index in [2.05, 4.69) is 10.2 Å². The predicted octanol–water partition coefficient (Wildman–Crippen LogP) is 5.19. The third-order valence-electron chi connectivity index (χ3n) is 2.93. The number of carboxylic acids is 1. The summed E-state index contributed by atoms with van der Waals surface area (Å²) in [6.07, 6.45) is 0. The van der Waals surface area contributed by atoms with Crippen molar-refractivity contribution in [1.82, 2.24) is 0 Å². The van der Waals surface area contributed by atoms with E-state index < -0.39 is 5.97 Å². The highest BCUT2D eigenvalue weighted by Crippen LogP contribution is 2.16. The number of carboxylic acid groups (broad SMARTS) is 1. The highest BCUT2D eigenvalue weighted by atomic mass is 16.4. The van der Waals surface area contributed by atoms with Crippen molar-refractivity contribution in [3.05, 3.63) is 90.5 Å². The highest BCUT2D eigenvalue weighted by molar-refractivity contribution is 5.90. The van der Waals surface area contributed by atoms with Crippen molar-refractivity contribution in [1.29, 1.82) is 0 Å². The fourth-order valence-corrected chi connectivity index (χ4v) is 1.76. The van der Waals surface area contributed by atoms with Crippen molar-refractivity contribution < 1.29 is 15.0 Å². The molecule has 3 aromatic carbocycles. The topological polar surface area (TPSA) is 82.2 Å². The number of phenols is 1. The number of aromatic hydroxyl groups is 1. The largest absolute Gasteiger partial charge is 0.507 e. The van der Waals surface area contributed by atoms with Crippen LogP contribution in [0.5, 0.6) is 5.75 Å². The number of rotatable bonds is 3. The van der Waals surface area contributed by atoms with Crippen LogP contribution in [0.15, 0.2) is 95.2 Å². The Morgan fingerprint density at radius 1 is 0.667 bits per heavy atom. The average Bonchev–Trinajstić information content (AvgIpc) is 2.62. The Morgan fingerprint density at radius 2 is 1.08 bits per heavy atom. The fraction of sp³-hybridized carbons (Fsp3) is 0. The summed E-state index contributed by atoms with van der Waals surface area (Å²) in [6.45, 7) is 0. The number of carbonyl (C=O) groups is 1. The molecule has 5 heteroatoms. The number of azo groups is 1. The van der Waals surface area contributed by atoms with E-state index in [0.29, 0.717) is 0 Å². The van der Waals surface area contributed by atoms with Gasteiger partial charge in [-0.05, 0) is 36.4 Å². The molecule has 0 fully saturated rings. The second kappa shape index (κ2) is 8.85. The van der Waals surface area contributed by atoms with E-state index in [9.17, 15) is 4.79 Å². The number of hydrogen-bond donors (Lipinski definition) is 2. The van der Waals surface area contributed by atoms with Crippen LogP contribution < -0.4 is 0 Å². The smallest absolute Gasteiger partial charge is 0.339 e. The van der Waals surface area contributed by atoms with E-state index in [1.807, 2.05) is 60.7 Å². The zero-order valence-corrected chi connectivity index (χ0v) is 12.8. The molecule has 0 spiro atoms. The minimum Gasteiger partial charge on any atom is -0.507 e. The molecular weight excluding hydrogens is 304 g/mol. The summed E-state index contributed by atoms with van der Waals surface area (Å²) in [5.74, 6) is -1.31. The SMILES string of the molecule is O=C(O)c1ccccc1O.c1ccc(N=Nc2ccccc2)cc1. The Bertz CT molecular complexity index is 762. The van der Waals surface area contributed by atoms with Crippen LogP contribution in [0.4, 0.5) is 11.4 Å². The molecule has 0 bridgehead atoms. The third-order valence-corrected chi connectivity index (χ3v) is 2.93. The molecule has 0 unspecified atom stereocenters. The summed E-state index contributed by atoms with van der Waals surface area (Å²) in [7, 11) is 0. The Kier molecular flexibility index (Phi) is 6.23. The second-order valence-electron chi connectivity index (χ2n) is 4.69. The van der Waals surface area contributed by atoms with Crippen LogP contribution in [0.2, 0.25) is 0 Å². The van der Waals surface area contributed by atoms with Crippen molar-refractivity contribution in [2.75, 3.05) is 0 Å². The molecule has 24 heavy (non-hydrogen) atoms. The molecule has 0 atom stereocenters. The molecule has 0 aliphatic heterocycles. The number of para-hydroxylation sites is 1. The van der Waals surface area contributed by atoms with Gasteiger partial charge in [-0.15, -0.1) is 0 Å². The fourth-order valence-electron chi connectivity index (χ4n) is 1.76. The summed E-state index contributed by atoms with van der Waals surface area (Å²) in [6, 6.07) is 25.2. The number of nitrogens with zero attached hydrogens (tertiary/aromatic N) is 2. The van der Waals surface area contributed by atoms with Crippen LogP contribution in [0, 0.1) is 0 Å². The zero-order valence-electron chi connectivity index (χ0n) is 12.8. The van der Waals surface area contributed by atoms with Crippen LogP contribution in [0.3, 0.4) is 0 Å². The van der Waals surface area contributed by atoms with Crippen LogP contribution in [-0.2, 0) is 0 Å². The van der Waals surface area contributed by atoms with Gasteiger partial charge in [0.15, 0.2) is 0 Å². The predicted molar refractivity (Wildman–Crippen MR) is 92.1 cm³/mol. The normalized spacial score (nSPS) is 10.0. The maximum absolute atomic E-state index is 10.3. The molecule has 0 saturated heterocycles. The van der Waals surface area contributed by atoms with E-state index in [1.165, 1.54) is 12.1 Å². The van der Waals surface area contributed by atoms with Crippen LogP contribution in [0.25, 0.3) is 0 Å². The first-order valence-electron chi connectivity index (χ1n) is 7.20. The molecule has 0 aliphatic carbocycles. The van der Waals surface area contributed by atoms with Gasteiger partial charge in [-0.25, -0.2) is 4.79 Å². The first kappa shape index (κ1) is 16.9. The molecule has 0 aliphatic rings. The minimum absolute atomic E-state index is 0.0671. The third kappa shape index (κ3) is 5.38. The quantitative estimate of drug-likeness (QED) is 0.651. The maximum atomic E-state index is 10.3. The van der Waals surface area contributed by atoms with Gasteiger partial charge in [-0.1, -0.05) is 48.5 Å². The van der Waals surface area contributed by atoms with Gasteiger partial charge in [0.05, 0.1) is 11.4 Å². The lowest BCUT2D eigenvalue weighted by Gasteiger charge is -1.95. The summed E-state index contributed by atoms with van der Waals surface area (Å²) in [4.78, 5) is 10.3. The standard InChI is InChI=1S/C12H10N2.C7H6O3/c1-3-7-11(8-4-1)13-14-12-9-5-2-6-10-12;8-6-4-2-1-3-5(6)7(9)10/h1-10H;1-4,8H,(H,9,10). The van der Waals surface area contributed by atoms with Crippen molar-refractivity contribution in [3.8, 4) is 5.75 Å². The Labute approximate surface area is 139 Å². The number of hydrogen-bond acceptors (Lipinski definition) is 4. The molecule has 0 radical (unpaired) electrons. The molecule has 3 rings (SSSR count). The molecule has 0 amide bonds. The van der Waals surface area contributed by atoms with Gasteiger partial charge in [0.2, 0.25) is 0 Å². The van der Waals surface area contributed by atoms with Crippen LogP contribution in [-0.4, -0.2) is 16.2 Å². The van der Waals surface area contributed by atoms with Gasteiger partial charge >= 0.3 is 5.97 Å². The van der Waals surface area contributed by atoms with Gasteiger partial charge in [0, 0.05) is 0 Å². The van der Waals surface area contributed by atoms with E-state index in [-0.39, 0.29) is 11.3 Å². The molecule has 5 nitrogen and oxygen atoms in total. The number of aromatic carboxylic acids is 1. The molecule has 3 aromatic rings. The zero-order chi connectivity index (χ0) is 17.2. The van der Waals surface area contributed by atoms with E-state index in [4.69, 9.17) is 10.2 Å². The van der Waals surface area contributed by atoms with Gasteiger partial charge in [-0.2, -0.15) is 10.2 Å². The molecule has 2 N–H and O–H groups in total. The second-order valence-corrected chi connectivity index (χ2v) is 4.69. The van der Waals surface area contributed by atoms with Crippen LogP contribution in [0.1, 0.15) is 10.4 Å². The summed E-state index contributed by atoms with van der Waals surface area (Å²) in [5.41, 5.74) is 1.68. The van der Waals surface area contributed by atoms with Gasteiger partial charge in [0.1, 0.15) is 11.3 Å². The van der Waals surface area contributed by atoms with Crippen molar-refractivity contribution in [3.63, 3.8) is 0 Å². The summed E-state index contributed by atoms with van der Waals surface area (Å²) in [5, 5.41) is 25.5. The van der Waals surface area contributed by atoms with Crippen molar-refractivity contribution >= 4 is 17.3 Å². The van der Waals surface area contributed by atoms with Gasteiger partial charge < -0.3 is 10.2 Å². The Hall–Kier alpha value is -3.47. The summed E-state index contributed by atoms with van der Waals surface area (Å²) < 4.78 is 0. The summed E-state index contributed by atoms with van der Waals surface area (Å²) >= 11 is 0. The Balaban J connectivity index is 0.000000185. The highest BCUT2D eigenvalue weighted by Gasteiger charge is 2.05. The van der Waals surface area contributed by atoms with Crippen molar-refractivity contribution in [2.24, 2.45) is 10.2 Å². The molecule has 0 heterocycles. The lowest BCUT2D eigenvalue weighted by Crippen LogP contribution is -1.95. The molecule has 0 saturated carbocycles. The van der Waals surface area contributed by atoms with Crippen molar-refractivity contribution in [2.45, 2.75) is 0 Å². The Morgan fingerprint density at radius 3 is 1.46 bits per heavy atom. The maximum Gasteiger partial charge on any atom is 0.339 e. The van der Waals surface area contributed by atoms with E-state index in [0.717, 1.165) is 11.4 Å². The number of benzene rings is 3. The lowest BCUT2D eigenvalue weighted by molar-refractivity contribution is 0.0693. The average molecular weight is 320 g/mol. The first-order chi connectivity index (χ1) is 11.7. The van der Waals surface area contributed by atoms with Gasteiger partial charge in [-0.3, -0.25) is 0 Å². The van der Waals surface area contributed by atoms with Crippen LogP contribution >= 0.6 is 0 Å². The first-order valence-corrected chi connectivity index (χ1v) is 7.20. The monoisotopic (exact) mass is 320 g/mol. The minimum atomic E-state index is -1.11. The molecule has 120 valence electrons. The van der Waals surface area contributed by atoms with E-state index >= 15 is 0 Å². The molecule has 0 aromatic heterocycles.